The summed E-state index contributed by atoms with van der Waals surface area (Å²) in [6, 6.07) is 19.5. The lowest BCUT2D eigenvalue weighted by molar-refractivity contribution is 0.0475. The Morgan fingerprint density at radius 2 is 1.80 bits per heavy atom. The van der Waals surface area contributed by atoms with E-state index in [4.69, 9.17) is 4.74 Å². The molecule has 104 valence electrons. The number of ether oxygens (including phenoxy) is 1. The van der Waals surface area contributed by atoms with E-state index in [1.807, 2.05) is 6.07 Å². The summed E-state index contributed by atoms with van der Waals surface area (Å²) in [6.07, 6.45) is 1.20. The van der Waals surface area contributed by atoms with Crippen molar-refractivity contribution in [1.82, 2.24) is 0 Å². The lowest BCUT2D eigenvalue weighted by Crippen LogP contribution is -2.39. The average molecular weight is 267 g/mol. The van der Waals surface area contributed by atoms with Crippen LogP contribution in [0.4, 0.5) is 5.69 Å². The first kappa shape index (κ1) is 13.2. The molecule has 1 aliphatic heterocycles. The number of benzene rings is 2. The van der Waals surface area contributed by atoms with Gasteiger partial charge in [-0.1, -0.05) is 48.5 Å². The lowest BCUT2D eigenvalue weighted by Gasteiger charge is -2.31. The topological polar surface area (TPSA) is 12.5 Å². The van der Waals surface area contributed by atoms with Crippen LogP contribution in [0.15, 0.2) is 54.6 Å². The molecule has 2 atom stereocenters. The van der Waals surface area contributed by atoms with Crippen molar-refractivity contribution in [2.75, 3.05) is 4.90 Å². The van der Waals surface area contributed by atoms with Crippen molar-refractivity contribution < 1.29 is 4.74 Å². The molecule has 2 aromatic carbocycles. The highest BCUT2D eigenvalue weighted by molar-refractivity contribution is 5.59. The molecule has 2 unspecified atom stereocenters. The number of fused-ring (bicyclic) bond motifs is 1. The van der Waals surface area contributed by atoms with Gasteiger partial charge in [-0.3, -0.25) is 0 Å². The largest absolute Gasteiger partial charge is 0.354 e. The van der Waals surface area contributed by atoms with Crippen molar-refractivity contribution in [2.24, 2.45) is 0 Å². The van der Waals surface area contributed by atoms with Crippen LogP contribution in [0.1, 0.15) is 25.0 Å². The van der Waals surface area contributed by atoms with Crippen molar-refractivity contribution in [1.29, 1.82) is 0 Å². The van der Waals surface area contributed by atoms with Crippen LogP contribution in [0.2, 0.25) is 0 Å². The molecule has 0 aromatic heterocycles. The molecule has 1 aliphatic rings. The molecule has 0 saturated heterocycles. The highest BCUT2D eigenvalue weighted by Gasteiger charge is 2.29. The Labute approximate surface area is 121 Å². The maximum atomic E-state index is 6.07. The van der Waals surface area contributed by atoms with Crippen molar-refractivity contribution >= 4 is 5.69 Å². The number of hydrogen-bond donors (Lipinski definition) is 0. The molecule has 0 bridgehead atoms. The van der Waals surface area contributed by atoms with Crippen LogP contribution in [0.3, 0.4) is 0 Å². The maximum absolute atomic E-state index is 6.07. The molecule has 3 rings (SSSR count). The molecule has 0 radical (unpaired) electrons. The minimum absolute atomic E-state index is 0.0915. The van der Waals surface area contributed by atoms with Crippen molar-refractivity contribution in [3.63, 3.8) is 0 Å². The van der Waals surface area contributed by atoms with Gasteiger partial charge in [0.25, 0.3) is 0 Å². The van der Waals surface area contributed by atoms with Gasteiger partial charge < -0.3 is 9.64 Å². The van der Waals surface area contributed by atoms with Crippen LogP contribution in [0.25, 0.3) is 0 Å². The summed E-state index contributed by atoms with van der Waals surface area (Å²) in [5.41, 5.74) is 3.97. The van der Waals surface area contributed by atoms with E-state index >= 15 is 0 Å². The van der Waals surface area contributed by atoms with E-state index in [9.17, 15) is 0 Å². The van der Waals surface area contributed by atoms with Crippen LogP contribution in [0.5, 0.6) is 0 Å². The fourth-order valence-corrected chi connectivity index (χ4v) is 3.01. The summed E-state index contributed by atoms with van der Waals surface area (Å²) in [7, 11) is 0. The summed E-state index contributed by atoms with van der Waals surface area (Å²) in [5, 5.41) is 0. The molecular weight excluding hydrogens is 246 g/mol. The van der Waals surface area contributed by atoms with Gasteiger partial charge in [-0.25, -0.2) is 0 Å². The third-order valence-electron chi connectivity index (χ3n) is 3.99. The van der Waals surface area contributed by atoms with Crippen LogP contribution < -0.4 is 4.90 Å². The first-order valence-corrected chi connectivity index (χ1v) is 7.27. The predicted octanol–water partition coefficient (Wildman–Crippen LogP) is 4.00. The summed E-state index contributed by atoms with van der Waals surface area (Å²) in [5.74, 6) is 0. The molecule has 2 heteroatoms. The van der Waals surface area contributed by atoms with Gasteiger partial charge in [-0.15, -0.1) is 0 Å². The van der Waals surface area contributed by atoms with E-state index in [2.05, 4.69) is 67.3 Å². The van der Waals surface area contributed by atoms with Gasteiger partial charge in [0.15, 0.2) is 0 Å². The monoisotopic (exact) mass is 267 g/mol. The Morgan fingerprint density at radius 1 is 1.10 bits per heavy atom. The van der Waals surface area contributed by atoms with E-state index in [1.54, 1.807) is 0 Å². The summed E-state index contributed by atoms with van der Waals surface area (Å²) >= 11 is 0. The summed E-state index contributed by atoms with van der Waals surface area (Å²) < 4.78 is 6.07. The number of nitrogens with zero attached hydrogens (tertiary/aromatic N) is 1. The minimum atomic E-state index is 0.0915. The number of para-hydroxylation sites is 1. The zero-order chi connectivity index (χ0) is 13.9. The van der Waals surface area contributed by atoms with Crippen molar-refractivity contribution in [3.05, 3.63) is 65.7 Å². The number of rotatable bonds is 4. The maximum Gasteiger partial charge on any atom is 0.127 e. The first-order valence-electron chi connectivity index (χ1n) is 7.27. The van der Waals surface area contributed by atoms with E-state index in [0.29, 0.717) is 12.6 Å². The van der Waals surface area contributed by atoms with Gasteiger partial charge in [0.05, 0.1) is 6.61 Å². The molecule has 20 heavy (non-hydrogen) atoms. The van der Waals surface area contributed by atoms with E-state index in [-0.39, 0.29) is 6.23 Å². The van der Waals surface area contributed by atoms with E-state index in [1.165, 1.54) is 16.8 Å². The Hall–Kier alpha value is -1.80. The van der Waals surface area contributed by atoms with Gasteiger partial charge in [0.1, 0.15) is 6.23 Å². The summed E-state index contributed by atoms with van der Waals surface area (Å²) in [4.78, 5) is 2.39. The van der Waals surface area contributed by atoms with Gasteiger partial charge in [0, 0.05) is 11.7 Å². The van der Waals surface area contributed by atoms with Gasteiger partial charge in [-0.2, -0.15) is 0 Å². The van der Waals surface area contributed by atoms with E-state index in [0.717, 1.165) is 6.42 Å². The minimum Gasteiger partial charge on any atom is -0.354 e. The summed E-state index contributed by atoms with van der Waals surface area (Å²) in [6.45, 7) is 5.07. The van der Waals surface area contributed by atoms with Gasteiger partial charge in [-0.05, 0) is 37.5 Å². The molecule has 0 fully saturated rings. The first-order chi connectivity index (χ1) is 9.75. The molecular formula is C18H21NO. The third-order valence-corrected chi connectivity index (χ3v) is 3.99. The molecule has 2 nitrogen and oxygen atoms in total. The average Bonchev–Trinajstić information content (AvgIpc) is 2.82. The number of anilines is 1. The molecule has 2 aromatic rings. The highest BCUT2D eigenvalue weighted by Crippen LogP contribution is 2.33. The van der Waals surface area contributed by atoms with E-state index < -0.39 is 0 Å². The van der Waals surface area contributed by atoms with Crippen molar-refractivity contribution in [2.45, 2.75) is 39.1 Å². The highest BCUT2D eigenvalue weighted by atomic mass is 16.5. The quantitative estimate of drug-likeness (QED) is 0.830. The standard InChI is InChI=1S/C18H21NO/c1-14-12-17-10-6-7-11-18(17)19(14)15(2)20-13-16-8-4-3-5-9-16/h3-11,14-15H,12-13H2,1-2H3. The van der Waals surface area contributed by atoms with Gasteiger partial charge in [0.2, 0.25) is 0 Å². The second kappa shape index (κ2) is 5.68. The SMILES string of the molecule is CC1Cc2ccccc2N1C(C)OCc1ccccc1. The molecule has 1 heterocycles. The molecule has 0 aliphatic carbocycles. The molecule has 0 amide bonds. The molecule has 0 saturated carbocycles. The fraction of sp³-hybridized carbons (Fsp3) is 0.333. The van der Waals surface area contributed by atoms with Crippen molar-refractivity contribution in [3.8, 4) is 0 Å². The number of hydrogen-bond acceptors (Lipinski definition) is 2. The van der Waals surface area contributed by atoms with Gasteiger partial charge >= 0.3 is 0 Å². The smallest absolute Gasteiger partial charge is 0.127 e. The van der Waals surface area contributed by atoms with Crippen LogP contribution in [-0.4, -0.2) is 12.3 Å². The molecule has 0 N–H and O–H groups in total. The Morgan fingerprint density at radius 3 is 2.60 bits per heavy atom. The zero-order valence-electron chi connectivity index (χ0n) is 12.1. The second-order valence-corrected chi connectivity index (χ2v) is 5.49. The predicted molar refractivity (Wildman–Crippen MR) is 82.8 cm³/mol. The van der Waals surface area contributed by atoms with Crippen LogP contribution in [0, 0.1) is 0 Å². The Kier molecular flexibility index (Phi) is 3.75. The third kappa shape index (κ3) is 2.56. The second-order valence-electron chi connectivity index (χ2n) is 5.49. The molecule has 0 spiro atoms. The Bertz CT molecular complexity index is 567. The van der Waals surface area contributed by atoms with Crippen LogP contribution >= 0.6 is 0 Å². The lowest BCUT2D eigenvalue weighted by atomic mass is 10.1. The van der Waals surface area contributed by atoms with Crippen LogP contribution in [-0.2, 0) is 17.8 Å². The fourth-order valence-electron chi connectivity index (χ4n) is 3.01. The Balaban J connectivity index is 1.70. The normalized spacial score (nSPS) is 18.9. The zero-order valence-corrected chi connectivity index (χ0v) is 12.1.